The van der Waals surface area contributed by atoms with Crippen molar-refractivity contribution >= 4 is 68.8 Å². The number of aryl methyl sites for hydroxylation is 1. The smallest absolute Gasteiger partial charge is 0.408 e. The number of hydrogen-bond donors (Lipinski definition) is 4. The number of alkyl carbamates (subject to hydrolysis) is 1. The van der Waals surface area contributed by atoms with Crippen LogP contribution < -0.4 is 30.3 Å². The van der Waals surface area contributed by atoms with Crippen LogP contribution in [0.15, 0.2) is 59.0 Å². The molecule has 3 atom stereocenters. The van der Waals surface area contributed by atoms with Gasteiger partial charge in [0.1, 0.15) is 47.9 Å². The maximum absolute atomic E-state index is 14.2. The first kappa shape index (κ1) is 43.8. The number of fused-ring (bicyclic) bond motifs is 4. The van der Waals surface area contributed by atoms with E-state index in [0.29, 0.717) is 53.0 Å². The van der Waals surface area contributed by atoms with Crippen LogP contribution in [0.1, 0.15) is 75.0 Å². The molecule has 6 rings (SSSR count). The van der Waals surface area contributed by atoms with Gasteiger partial charge in [-0.3, -0.25) is 14.4 Å². The fourth-order valence-corrected chi connectivity index (χ4v) is 7.12. The zero-order valence-corrected chi connectivity index (χ0v) is 36.3. The molecule has 3 aromatic carbocycles. The number of likely N-dealkylation sites (N-methyl/N-ethyl adjacent to an activating group) is 1. The van der Waals surface area contributed by atoms with Crippen molar-refractivity contribution in [2.75, 3.05) is 49.9 Å². The number of benzene rings is 3. The Labute approximate surface area is 354 Å². The Balaban J connectivity index is 1.13. The SMILES string of the molecule is Cc1nc2c3c(cc(OCc4ccc(NC(=O)[C@H](C)NC(=O)C(NC(=O)OC(C)(C)C)C(C)C)cc4)c2o1)N(C(=O)c1cc2cc(OCCN(C)C)ccc2[nH]1)CC3CCl. The van der Waals surface area contributed by atoms with Crippen LogP contribution in [0.4, 0.5) is 16.2 Å². The summed E-state index contributed by atoms with van der Waals surface area (Å²) >= 11 is 6.51. The average molecular weight is 844 g/mol. The van der Waals surface area contributed by atoms with E-state index in [1.807, 2.05) is 61.5 Å². The molecular formula is C44H54ClN7O8. The number of halogens is 1. The van der Waals surface area contributed by atoms with Crippen LogP contribution in [0.2, 0.25) is 0 Å². The topological polar surface area (TPSA) is 180 Å². The van der Waals surface area contributed by atoms with Crippen molar-refractivity contribution in [3.8, 4) is 11.5 Å². The highest BCUT2D eigenvalue weighted by molar-refractivity contribution is 6.19. The number of carbonyl (C=O) groups is 4. The quantitative estimate of drug-likeness (QED) is 0.0794. The van der Waals surface area contributed by atoms with E-state index in [1.54, 1.807) is 65.5 Å². The summed E-state index contributed by atoms with van der Waals surface area (Å²) in [5.74, 6) is 0.255. The van der Waals surface area contributed by atoms with E-state index >= 15 is 0 Å². The molecule has 0 radical (unpaired) electrons. The van der Waals surface area contributed by atoms with Gasteiger partial charge >= 0.3 is 6.09 Å². The summed E-state index contributed by atoms with van der Waals surface area (Å²) < 4.78 is 23.6. The molecule has 0 fully saturated rings. The Morgan fingerprint density at radius 2 is 1.73 bits per heavy atom. The Kier molecular flexibility index (Phi) is 13.3. The van der Waals surface area contributed by atoms with Crippen molar-refractivity contribution in [2.45, 2.75) is 78.7 Å². The lowest BCUT2D eigenvalue weighted by molar-refractivity contribution is -0.128. The molecule has 2 aromatic heterocycles. The fourth-order valence-electron chi connectivity index (χ4n) is 6.87. The van der Waals surface area contributed by atoms with E-state index < -0.39 is 35.6 Å². The number of amides is 4. The number of oxazole rings is 1. The molecule has 16 heteroatoms. The third-order valence-electron chi connectivity index (χ3n) is 9.91. The van der Waals surface area contributed by atoms with Crippen molar-refractivity contribution in [3.63, 3.8) is 0 Å². The maximum Gasteiger partial charge on any atom is 0.408 e. The minimum atomic E-state index is -0.903. The van der Waals surface area contributed by atoms with Crippen LogP contribution in [-0.2, 0) is 20.9 Å². The van der Waals surface area contributed by atoms with Gasteiger partial charge in [-0.2, -0.15) is 0 Å². The van der Waals surface area contributed by atoms with Crippen LogP contribution in [0.5, 0.6) is 11.5 Å². The summed E-state index contributed by atoms with van der Waals surface area (Å²) in [7, 11) is 3.98. The second-order valence-electron chi connectivity index (χ2n) is 16.6. The lowest BCUT2D eigenvalue weighted by Crippen LogP contribution is -2.54. The average Bonchev–Trinajstić information content (AvgIpc) is 3.89. The Morgan fingerprint density at radius 3 is 2.40 bits per heavy atom. The van der Waals surface area contributed by atoms with Crippen LogP contribution in [0.25, 0.3) is 22.0 Å². The molecule has 60 heavy (non-hydrogen) atoms. The highest BCUT2D eigenvalue weighted by Crippen LogP contribution is 2.46. The van der Waals surface area contributed by atoms with Crippen LogP contribution >= 0.6 is 11.6 Å². The van der Waals surface area contributed by atoms with E-state index in [0.717, 1.165) is 34.3 Å². The molecule has 320 valence electrons. The van der Waals surface area contributed by atoms with Crippen molar-refractivity contribution in [3.05, 3.63) is 77.3 Å². The Hall–Kier alpha value is -5.80. The molecular weight excluding hydrogens is 790 g/mol. The molecule has 4 N–H and O–H groups in total. The number of aromatic amines is 1. The first-order valence-electron chi connectivity index (χ1n) is 20.0. The molecule has 4 amide bonds. The predicted octanol–water partition coefficient (Wildman–Crippen LogP) is 7.11. The van der Waals surface area contributed by atoms with Crippen molar-refractivity contribution < 1.29 is 37.8 Å². The number of H-pyrrole nitrogens is 1. The first-order chi connectivity index (χ1) is 28.4. The fraction of sp³-hybridized carbons (Fsp3) is 0.432. The second kappa shape index (κ2) is 18.2. The minimum Gasteiger partial charge on any atom is -0.492 e. The van der Waals surface area contributed by atoms with Crippen LogP contribution in [0, 0.1) is 12.8 Å². The summed E-state index contributed by atoms with van der Waals surface area (Å²) in [6.45, 7) is 13.9. The molecule has 1 aliphatic heterocycles. The Morgan fingerprint density at radius 1 is 1.00 bits per heavy atom. The summed E-state index contributed by atoms with van der Waals surface area (Å²) in [5, 5.41) is 8.95. The van der Waals surface area contributed by atoms with Crippen LogP contribution in [-0.4, -0.2) is 96.0 Å². The number of nitrogens with zero attached hydrogens (tertiary/aromatic N) is 3. The number of aromatic nitrogens is 2. The summed E-state index contributed by atoms with van der Waals surface area (Å²) in [6.07, 6.45) is -0.718. The molecule has 0 aliphatic carbocycles. The molecule has 5 aromatic rings. The Bertz CT molecular complexity index is 2370. The van der Waals surface area contributed by atoms with Crippen molar-refractivity contribution in [1.82, 2.24) is 25.5 Å². The first-order valence-corrected chi connectivity index (χ1v) is 20.5. The van der Waals surface area contributed by atoms with Gasteiger partial charge in [-0.15, -0.1) is 11.6 Å². The maximum atomic E-state index is 14.2. The molecule has 15 nitrogen and oxygen atoms in total. The highest BCUT2D eigenvalue weighted by atomic mass is 35.5. The van der Waals surface area contributed by atoms with Gasteiger partial charge in [0.15, 0.2) is 17.2 Å². The number of hydrogen-bond acceptors (Lipinski definition) is 10. The van der Waals surface area contributed by atoms with Crippen molar-refractivity contribution in [1.29, 1.82) is 0 Å². The lowest BCUT2D eigenvalue weighted by Gasteiger charge is -2.26. The highest BCUT2D eigenvalue weighted by Gasteiger charge is 2.37. The van der Waals surface area contributed by atoms with Gasteiger partial charge in [-0.05, 0) is 89.7 Å². The van der Waals surface area contributed by atoms with E-state index in [-0.39, 0.29) is 30.2 Å². The molecule has 1 aliphatic rings. The third kappa shape index (κ3) is 10.3. The zero-order valence-electron chi connectivity index (χ0n) is 35.5. The van der Waals surface area contributed by atoms with Gasteiger partial charge in [0.05, 0.1) is 5.69 Å². The monoisotopic (exact) mass is 843 g/mol. The number of nitrogens with one attached hydrogen (secondary N) is 4. The van der Waals surface area contributed by atoms with Gasteiger partial charge < -0.3 is 49.4 Å². The number of ether oxygens (including phenoxy) is 3. The number of alkyl halides is 1. The largest absolute Gasteiger partial charge is 0.492 e. The summed E-state index contributed by atoms with van der Waals surface area (Å²) in [5.41, 5.74) is 4.34. The normalized spacial score (nSPS) is 14.9. The lowest BCUT2D eigenvalue weighted by atomic mass is 10.0. The molecule has 0 bridgehead atoms. The van der Waals surface area contributed by atoms with Gasteiger partial charge in [0.2, 0.25) is 11.8 Å². The zero-order chi connectivity index (χ0) is 43.5. The number of anilines is 2. The van der Waals surface area contributed by atoms with Crippen molar-refractivity contribution in [2.24, 2.45) is 5.92 Å². The number of rotatable bonds is 15. The van der Waals surface area contributed by atoms with Gasteiger partial charge in [0.25, 0.3) is 5.91 Å². The van der Waals surface area contributed by atoms with E-state index in [1.165, 1.54) is 0 Å². The van der Waals surface area contributed by atoms with Gasteiger partial charge in [0, 0.05) is 60.0 Å². The molecule has 2 unspecified atom stereocenters. The molecule has 0 saturated heterocycles. The van der Waals surface area contributed by atoms with Crippen LogP contribution in [0.3, 0.4) is 0 Å². The third-order valence-corrected chi connectivity index (χ3v) is 10.3. The summed E-state index contributed by atoms with van der Waals surface area (Å²) in [4.78, 5) is 64.4. The standard InChI is InChI=1S/C44H54ClN7O8/c1-24(2)37(50-43(56)60-44(5,6)7)41(54)46-25(3)40(53)48-30-12-10-27(11-13-30)23-58-35-20-34-36(38-39(35)59-26(4)47-38)29(21-45)22-52(34)42(55)33-19-28-18-31(14-15-32(28)49-33)57-17-16-51(8)9/h10-15,18-20,24-25,29,37,49H,16-17,21-23H2,1-9H3,(H,46,54)(H,48,53)(H,50,56)/t25-,29?,37?/m0/s1. The minimum absolute atomic E-state index is 0.142. The molecule has 3 heterocycles. The van der Waals surface area contributed by atoms with Gasteiger partial charge in [-0.1, -0.05) is 26.0 Å². The molecule has 0 spiro atoms. The van der Waals surface area contributed by atoms with E-state index in [9.17, 15) is 19.2 Å². The molecule has 0 saturated carbocycles. The van der Waals surface area contributed by atoms with E-state index in [2.05, 4.69) is 20.9 Å². The number of carbonyl (C=O) groups excluding carboxylic acids is 4. The van der Waals surface area contributed by atoms with Gasteiger partial charge in [-0.25, -0.2) is 9.78 Å². The predicted molar refractivity (Wildman–Crippen MR) is 231 cm³/mol. The summed E-state index contributed by atoms with van der Waals surface area (Å²) in [6, 6.07) is 14.6. The second-order valence-corrected chi connectivity index (χ2v) is 17.0. The van der Waals surface area contributed by atoms with E-state index in [4.69, 9.17) is 35.2 Å².